The summed E-state index contributed by atoms with van der Waals surface area (Å²) in [4.78, 5) is 25.4. The lowest BCUT2D eigenvalue weighted by Gasteiger charge is -2.38. The average Bonchev–Trinajstić information content (AvgIpc) is 2.84. The van der Waals surface area contributed by atoms with Gasteiger partial charge in [0.2, 0.25) is 5.91 Å². The van der Waals surface area contributed by atoms with E-state index in [0.29, 0.717) is 0 Å². The van der Waals surface area contributed by atoms with Crippen LogP contribution in [0, 0.1) is 0 Å². The Morgan fingerprint density at radius 1 is 1.15 bits per heavy atom. The molecule has 0 aromatic heterocycles. The molecule has 2 saturated heterocycles. The van der Waals surface area contributed by atoms with E-state index in [4.69, 9.17) is 9.47 Å². The van der Waals surface area contributed by atoms with Crippen molar-refractivity contribution in [2.45, 2.75) is 6.42 Å². The fraction of sp³-hybridized carbons (Fsp3) is 0.652. The number of methoxy groups -OCH3 is 1. The van der Waals surface area contributed by atoms with Crippen LogP contribution >= 0.6 is 24.0 Å². The second-order valence-corrected chi connectivity index (χ2v) is 8.34. The first-order valence-corrected chi connectivity index (χ1v) is 11.5. The van der Waals surface area contributed by atoms with Gasteiger partial charge in [-0.1, -0.05) is 6.07 Å². The number of ether oxygens (including phenoxy) is 2. The third kappa shape index (κ3) is 8.82. The molecule has 10 heteroatoms. The Kier molecular flexibility index (Phi) is 12.0. The van der Waals surface area contributed by atoms with Crippen molar-refractivity contribution in [3.8, 4) is 5.75 Å². The molecule has 2 aliphatic rings. The van der Waals surface area contributed by atoms with Crippen LogP contribution in [0.4, 0.5) is 5.69 Å². The first-order chi connectivity index (χ1) is 15.6. The van der Waals surface area contributed by atoms with Crippen LogP contribution in [-0.4, -0.2) is 120 Å². The van der Waals surface area contributed by atoms with Gasteiger partial charge < -0.3 is 29.5 Å². The van der Waals surface area contributed by atoms with E-state index in [0.717, 1.165) is 83.7 Å². The third-order valence-corrected chi connectivity index (χ3v) is 5.90. The van der Waals surface area contributed by atoms with Crippen LogP contribution in [0.2, 0.25) is 0 Å². The topological polar surface area (TPSA) is 72.9 Å². The zero-order valence-electron chi connectivity index (χ0n) is 20.2. The van der Waals surface area contributed by atoms with E-state index >= 15 is 0 Å². The van der Waals surface area contributed by atoms with Gasteiger partial charge >= 0.3 is 0 Å². The smallest absolute Gasteiger partial charge is 0.243 e. The highest BCUT2D eigenvalue weighted by molar-refractivity contribution is 14.0. The molecule has 1 aromatic carbocycles. The molecule has 0 saturated carbocycles. The number of aliphatic imine (C=N–C) groups is 1. The Morgan fingerprint density at radius 3 is 2.55 bits per heavy atom. The van der Waals surface area contributed by atoms with E-state index in [2.05, 4.69) is 37.1 Å². The van der Waals surface area contributed by atoms with E-state index in [9.17, 15) is 4.79 Å². The zero-order valence-corrected chi connectivity index (χ0v) is 22.5. The van der Waals surface area contributed by atoms with Gasteiger partial charge in [0.05, 0.1) is 20.3 Å². The molecule has 1 amide bonds. The molecule has 186 valence electrons. The molecule has 0 aliphatic carbocycles. The number of piperazine rings is 1. The molecule has 1 N–H and O–H groups in total. The monoisotopic (exact) mass is 574 g/mol. The van der Waals surface area contributed by atoms with Gasteiger partial charge in [-0.2, -0.15) is 0 Å². The highest BCUT2D eigenvalue weighted by atomic mass is 127. The van der Waals surface area contributed by atoms with Crippen molar-refractivity contribution >= 4 is 41.5 Å². The summed E-state index contributed by atoms with van der Waals surface area (Å²) in [6.45, 7) is 9.18. The molecule has 0 spiro atoms. The van der Waals surface area contributed by atoms with Gasteiger partial charge in [0.1, 0.15) is 12.3 Å². The van der Waals surface area contributed by atoms with E-state index in [1.807, 2.05) is 12.1 Å². The van der Waals surface area contributed by atoms with Crippen molar-refractivity contribution in [3.05, 3.63) is 24.3 Å². The molecule has 0 atom stereocenters. The first kappa shape index (κ1) is 27.5. The molecule has 2 heterocycles. The predicted molar refractivity (Wildman–Crippen MR) is 143 cm³/mol. The summed E-state index contributed by atoms with van der Waals surface area (Å²) < 4.78 is 10.8. The number of hydrogen-bond donors (Lipinski definition) is 1. The lowest BCUT2D eigenvalue weighted by atomic mass is 10.2. The fourth-order valence-electron chi connectivity index (χ4n) is 3.86. The zero-order chi connectivity index (χ0) is 22.8. The number of hydrogen-bond acceptors (Lipinski definition) is 6. The summed E-state index contributed by atoms with van der Waals surface area (Å²) in [6.07, 6.45) is 1.03. The van der Waals surface area contributed by atoms with E-state index < -0.39 is 0 Å². The van der Waals surface area contributed by atoms with Crippen LogP contribution < -0.4 is 15.0 Å². The van der Waals surface area contributed by atoms with Crippen molar-refractivity contribution in [1.82, 2.24) is 20.0 Å². The molecular formula is C23H39IN6O3. The minimum absolute atomic E-state index is 0. The summed E-state index contributed by atoms with van der Waals surface area (Å²) in [5, 5.41) is 3.50. The Balaban J connectivity index is 0.00000385. The van der Waals surface area contributed by atoms with Crippen molar-refractivity contribution in [2.75, 3.05) is 98.2 Å². The maximum absolute atomic E-state index is 12.1. The Morgan fingerprint density at radius 2 is 1.88 bits per heavy atom. The molecule has 0 unspecified atom stereocenters. The minimum Gasteiger partial charge on any atom is -0.497 e. The number of guanidine groups is 1. The van der Waals surface area contributed by atoms with Gasteiger partial charge in [-0.25, -0.2) is 4.99 Å². The Labute approximate surface area is 215 Å². The summed E-state index contributed by atoms with van der Waals surface area (Å²) in [5.41, 5.74) is 1.17. The van der Waals surface area contributed by atoms with Crippen LogP contribution in [0.15, 0.2) is 29.3 Å². The fourth-order valence-corrected chi connectivity index (χ4v) is 3.86. The van der Waals surface area contributed by atoms with Crippen LogP contribution in [0.25, 0.3) is 0 Å². The molecule has 2 aliphatic heterocycles. The van der Waals surface area contributed by atoms with Crippen molar-refractivity contribution < 1.29 is 14.3 Å². The van der Waals surface area contributed by atoms with Gasteiger partial charge in [0.15, 0.2) is 5.96 Å². The van der Waals surface area contributed by atoms with Crippen LogP contribution in [0.3, 0.4) is 0 Å². The Bertz CT molecular complexity index is 749. The lowest BCUT2D eigenvalue weighted by molar-refractivity contribution is -0.127. The summed E-state index contributed by atoms with van der Waals surface area (Å²) in [5.74, 6) is 1.71. The molecule has 0 bridgehead atoms. The third-order valence-electron chi connectivity index (χ3n) is 5.90. The van der Waals surface area contributed by atoms with Crippen molar-refractivity contribution in [1.29, 1.82) is 0 Å². The number of carbonyl (C=O) groups is 1. The quantitative estimate of drug-likeness (QED) is 0.217. The van der Waals surface area contributed by atoms with Crippen molar-refractivity contribution in [2.24, 2.45) is 4.99 Å². The van der Waals surface area contributed by atoms with E-state index in [1.54, 1.807) is 26.1 Å². The number of nitrogens with zero attached hydrogens (tertiary/aromatic N) is 5. The van der Waals surface area contributed by atoms with Gasteiger partial charge in [-0.3, -0.25) is 9.69 Å². The first-order valence-electron chi connectivity index (χ1n) is 11.5. The molecule has 33 heavy (non-hydrogen) atoms. The molecule has 2 fully saturated rings. The van der Waals surface area contributed by atoms with Gasteiger partial charge in [0, 0.05) is 71.7 Å². The number of benzene rings is 1. The van der Waals surface area contributed by atoms with Crippen LogP contribution in [0.5, 0.6) is 5.75 Å². The largest absolute Gasteiger partial charge is 0.497 e. The van der Waals surface area contributed by atoms with Gasteiger partial charge in [0.25, 0.3) is 0 Å². The normalized spacial score (nSPS) is 17.4. The average molecular weight is 575 g/mol. The van der Waals surface area contributed by atoms with Gasteiger partial charge in [-0.05, 0) is 25.1 Å². The molecule has 0 radical (unpaired) electrons. The van der Waals surface area contributed by atoms with Crippen LogP contribution in [0.1, 0.15) is 6.42 Å². The SMILES string of the molecule is COc1cccc(N2CCN(C(=NCC(=O)N(C)C)NCCCN3CCOCC3)CC2)c1.I. The lowest BCUT2D eigenvalue weighted by Crippen LogP contribution is -2.53. The molecule has 1 aromatic rings. The second-order valence-electron chi connectivity index (χ2n) is 8.34. The summed E-state index contributed by atoms with van der Waals surface area (Å²) in [6, 6.07) is 8.18. The van der Waals surface area contributed by atoms with Crippen molar-refractivity contribution in [3.63, 3.8) is 0 Å². The number of amides is 1. The summed E-state index contributed by atoms with van der Waals surface area (Å²) >= 11 is 0. The number of anilines is 1. The van der Waals surface area contributed by atoms with Gasteiger partial charge in [-0.15, -0.1) is 24.0 Å². The highest BCUT2D eigenvalue weighted by Crippen LogP contribution is 2.22. The standard InChI is InChI=1S/C23H38N6O3.HI/c1-26(2)22(30)19-25-23(24-8-5-9-27-14-16-32-17-15-27)29-12-10-28(11-13-29)20-6-4-7-21(18-20)31-3;/h4,6-7,18H,5,8-17,19H2,1-3H3,(H,24,25);1H. The number of rotatable bonds is 8. The number of halogens is 1. The Hall–Kier alpha value is -1.79. The highest BCUT2D eigenvalue weighted by Gasteiger charge is 2.21. The minimum atomic E-state index is 0. The summed E-state index contributed by atoms with van der Waals surface area (Å²) in [7, 11) is 5.22. The predicted octanol–water partition coefficient (Wildman–Crippen LogP) is 1.19. The number of carbonyl (C=O) groups excluding carboxylic acids is 1. The maximum atomic E-state index is 12.1. The van der Waals surface area contributed by atoms with Crippen LogP contribution in [-0.2, 0) is 9.53 Å². The molecule has 9 nitrogen and oxygen atoms in total. The maximum Gasteiger partial charge on any atom is 0.243 e. The number of morpholine rings is 1. The number of likely N-dealkylation sites (N-methyl/N-ethyl adjacent to an activating group) is 1. The number of nitrogens with one attached hydrogen (secondary N) is 1. The second kappa shape index (κ2) is 14.5. The molecular weight excluding hydrogens is 535 g/mol. The van der Waals surface area contributed by atoms with E-state index in [1.165, 1.54) is 5.69 Å². The van der Waals surface area contributed by atoms with E-state index in [-0.39, 0.29) is 36.4 Å². The molecule has 3 rings (SSSR count).